The molecule has 1 atom stereocenters. The number of hydrogen-bond acceptors (Lipinski definition) is 3. The van der Waals surface area contributed by atoms with Gasteiger partial charge >= 0.3 is 5.97 Å². The Morgan fingerprint density at radius 3 is 2.70 bits per heavy atom. The Balaban J connectivity index is 2.28. The highest BCUT2D eigenvalue weighted by Gasteiger charge is 2.21. The number of pyridine rings is 1. The molecule has 1 heterocycles. The molecule has 20 heavy (non-hydrogen) atoms. The SMILES string of the molecule is COc1cccc(CC(C(=O)O)c2cccc(C)c2)n1. The molecule has 0 amide bonds. The van der Waals surface area contributed by atoms with Crippen molar-refractivity contribution in [3.63, 3.8) is 0 Å². The molecule has 1 N–H and O–H groups in total. The zero-order valence-electron chi connectivity index (χ0n) is 11.5. The minimum atomic E-state index is -0.847. The van der Waals surface area contributed by atoms with Gasteiger partial charge in [-0.2, -0.15) is 0 Å². The molecule has 0 aliphatic rings. The molecule has 1 unspecified atom stereocenters. The predicted molar refractivity (Wildman–Crippen MR) is 76.0 cm³/mol. The van der Waals surface area contributed by atoms with Crippen molar-refractivity contribution >= 4 is 5.97 Å². The minimum Gasteiger partial charge on any atom is -0.481 e. The van der Waals surface area contributed by atoms with E-state index in [2.05, 4.69) is 4.98 Å². The zero-order chi connectivity index (χ0) is 14.5. The van der Waals surface area contributed by atoms with E-state index >= 15 is 0 Å². The highest BCUT2D eigenvalue weighted by atomic mass is 16.5. The van der Waals surface area contributed by atoms with E-state index in [4.69, 9.17) is 4.74 Å². The number of carbonyl (C=O) groups is 1. The summed E-state index contributed by atoms with van der Waals surface area (Å²) in [6.45, 7) is 1.95. The predicted octanol–water partition coefficient (Wildman–Crippen LogP) is 2.81. The fourth-order valence-electron chi connectivity index (χ4n) is 2.13. The normalized spacial score (nSPS) is 11.9. The molecule has 4 heteroatoms. The number of rotatable bonds is 5. The number of ether oxygens (including phenoxy) is 1. The van der Waals surface area contributed by atoms with Crippen molar-refractivity contribution in [3.05, 3.63) is 59.3 Å². The standard InChI is InChI=1S/C16H17NO3/c1-11-5-3-6-12(9-11)14(16(18)19)10-13-7-4-8-15(17-13)20-2/h3-9,14H,10H2,1-2H3,(H,18,19). The van der Waals surface area contributed by atoms with E-state index in [-0.39, 0.29) is 0 Å². The Hall–Kier alpha value is -2.36. The lowest BCUT2D eigenvalue weighted by Gasteiger charge is -2.13. The molecule has 4 nitrogen and oxygen atoms in total. The number of nitrogens with zero attached hydrogens (tertiary/aromatic N) is 1. The number of carboxylic acids is 1. The first-order chi connectivity index (χ1) is 9.60. The number of benzene rings is 1. The van der Waals surface area contributed by atoms with Crippen LogP contribution in [0, 0.1) is 6.92 Å². The third-order valence-corrected chi connectivity index (χ3v) is 3.15. The summed E-state index contributed by atoms with van der Waals surface area (Å²) in [6.07, 6.45) is 0.343. The van der Waals surface area contributed by atoms with E-state index in [1.165, 1.54) is 0 Å². The number of carboxylic acid groups (broad SMARTS) is 1. The minimum absolute atomic E-state index is 0.343. The van der Waals surface area contributed by atoms with Gasteiger partial charge in [0.2, 0.25) is 5.88 Å². The number of methoxy groups -OCH3 is 1. The Morgan fingerprint density at radius 2 is 2.05 bits per heavy atom. The molecule has 0 bridgehead atoms. The van der Waals surface area contributed by atoms with Gasteiger partial charge in [0.1, 0.15) is 0 Å². The van der Waals surface area contributed by atoms with Gasteiger partial charge in [0, 0.05) is 18.2 Å². The van der Waals surface area contributed by atoms with Crippen molar-refractivity contribution in [1.82, 2.24) is 4.98 Å². The average Bonchev–Trinajstić information content (AvgIpc) is 2.44. The highest BCUT2D eigenvalue weighted by Crippen LogP contribution is 2.22. The Labute approximate surface area is 118 Å². The fourth-order valence-corrected chi connectivity index (χ4v) is 2.13. The summed E-state index contributed by atoms with van der Waals surface area (Å²) in [6, 6.07) is 12.9. The van der Waals surface area contributed by atoms with Crippen LogP contribution < -0.4 is 4.74 Å². The molecule has 2 rings (SSSR count). The second-order valence-corrected chi connectivity index (χ2v) is 4.68. The Morgan fingerprint density at radius 1 is 1.30 bits per heavy atom. The van der Waals surface area contributed by atoms with Crippen LogP contribution in [0.5, 0.6) is 5.88 Å². The molecular formula is C16H17NO3. The third kappa shape index (κ3) is 3.35. The van der Waals surface area contributed by atoms with Gasteiger partial charge in [-0.3, -0.25) is 4.79 Å². The topological polar surface area (TPSA) is 59.4 Å². The van der Waals surface area contributed by atoms with Gasteiger partial charge in [0.05, 0.1) is 13.0 Å². The summed E-state index contributed by atoms with van der Waals surface area (Å²) in [7, 11) is 1.54. The first-order valence-electron chi connectivity index (χ1n) is 6.39. The summed E-state index contributed by atoms with van der Waals surface area (Å²) in [5, 5.41) is 9.45. The quantitative estimate of drug-likeness (QED) is 0.908. The molecule has 0 radical (unpaired) electrons. The lowest BCUT2D eigenvalue weighted by molar-refractivity contribution is -0.138. The molecule has 104 valence electrons. The maximum atomic E-state index is 11.5. The smallest absolute Gasteiger partial charge is 0.311 e. The van der Waals surface area contributed by atoms with Gasteiger partial charge in [-0.05, 0) is 18.6 Å². The molecule has 1 aromatic heterocycles. The molecule has 0 spiro atoms. The molecule has 0 saturated heterocycles. The number of aromatic nitrogens is 1. The fraction of sp³-hybridized carbons (Fsp3) is 0.250. The van der Waals surface area contributed by atoms with Crippen molar-refractivity contribution < 1.29 is 14.6 Å². The van der Waals surface area contributed by atoms with Crippen LogP contribution in [0.1, 0.15) is 22.7 Å². The molecule has 0 fully saturated rings. The van der Waals surface area contributed by atoms with Gasteiger partial charge in [0.15, 0.2) is 0 Å². The lowest BCUT2D eigenvalue weighted by atomic mass is 9.93. The molecule has 0 saturated carbocycles. The monoisotopic (exact) mass is 271 g/mol. The maximum Gasteiger partial charge on any atom is 0.311 e. The van der Waals surface area contributed by atoms with Crippen molar-refractivity contribution in [1.29, 1.82) is 0 Å². The summed E-state index contributed by atoms with van der Waals surface area (Å²) < 4.78 is 5.06. The Bertz CT molecular complexity index is 610. The van der Waals surface area contributed by atoms with E-state index in [0.717, 1.165) is 11.1 Å². The average molecular weight is 271 g/mol. The van der Waals surface area contributed by atoms with Crippen LogP contribution in [0.15, 0.2) is 42.5 Å². The van der Waals surface area contributed by atoms with Gasteiger partial charge in [-0.1, -0.05) is 35.9 Å². The van der Waals surface area contributed by atoms with Crippen LogP contribution in [-0.2, 0) is 11.2 Å². The summed E-state index contributed by atoms with van der Waals surface area (Å²) >= 11 is 0. The van der Waals surface area contributed by atoms with Crippen molar-refractivity contribution in [3.8, 4) is 5.88 Å². The van der Waals surface area contributed by atoms with Gasteiger partial charge in [-0.25, -0.2) is 4.98 Å². The van der Waals surface area contributed by atoms with Crippen LogP contribution >= 0.6 is 0 Å². The highest BCUT2D eigenvalue weighted by molar-refractivity contribution is 5.76. The van der Waals surface area contributed by atoms with Crippen LogP contribution in [0.4, 0.5) is 0 Å². The summed E-state index contributed by atoms with van der Waals surface area (Å²) in [5.41, 5.74) is 2.55. The molecule has 0 aliphatic heterocycles. The summed E-state index contributed by atoms with van der Waals surface area (Å²) in [5.74, 6) is -0.953. The van der Waals surface area contributed by atoms with Crippen LogP contribution in [0.3, 0.4) is 0 Å². The first kappa shape index (κ1) is 14.1. The number of aryl methyl sites for hydroxylation is 1. The summed E-state index contributed by atoms with van der Waals surface area (Å²) in [4.78, 5) is 15.8. The van der Waals surface area contributed by atoms with E-state index in [1.807, 2.05) is 43.3 Å². The largest absolute Gasteiger partial charge is 0.481 e. The van der Waals surface area contributed by atoms with Crippen molar-refractivity contribution in [2.24, 2.45) is 0 Å². The van der Waals surface area contributed by atoms with Crippen LogP contribution in [0.2, 0.25) is 0 Å². The second-order valence-electron chi connectivity index (χ2n) is 4.68. The van der Waals surface area contributed by atoms with E-state index in [9.17, 15) is 9.90 Å². The third-order valence-electron chi connectivity index (χ3n) is 3.15. The lowest BCUT2D eigenvalue weighted by Crippen LogP contribution is -2.15. The van der Waals surface area contributed by atoms with Gasteiger partial charge < -0.3 is 9.84 Å². The molecule has 0 aliphatic carbocycles. The van der Waals surface area contributed by atoms with Gasteiger partial charge in [0.25, 0.3) is 0 Å². The molecule has 1 aromatic carbocycles. The first-order valence-corrected chi connectivity index (χ1v) is 6.39. The van der Waals surface area contributed by atoms with E-state index in [1.54, 1.807) is 13.2 Å². The Kier molecular flexibility index (Phi) is 4.35. The number of aliphatic carboxylic acids is 1. The van der Waals surface area contributed by atoms with Crippen LogP contribution in [-0.4, -0.2) is 23.2 Å². The van der Waals surface area contributed by atoms with Crippen LogP contribution in [0.25, 0.3) is 0 Å². The van der Waals surface area contributed by atoms with Crippen molar-refractivity contribution in [2.75, 3.05) is 7.11 Å². The van der Waals surface area contributed by atoms with Gasteiger partial charge in [-0.15, -0.1) is 0 Å². The molecule has 2 aromatic rings. The maximum absolute atomic E-state index is 11.5. The van der Waals surface area contributed by atoms with E-state index < -0.39 is 11.9 Å². The second kappa shape index (κ2) is 6.19. The van der Waals surface area contributed by atoms with E-state index in [0.29, 0.717) is 18.0 Å². The van der Waals surface area contributed by atoms with Crippen molar-refractivity contribution in [2.45, 2.75) is 19.3 Å². The number of hydrogen-bond donors (Lipinski definition) is 1. The zero-order valence-corrected chi connectivity index (χ0v) is 11.5. The molecular weight excluding hydrogens is 254 g/mol.